The molecule has 0 aliphatic carbocycles. The monoisotopic (exact) mass is 291 g/mol. The number of ether oxygens (including phenoxy) is 2. The molecular weight excluding hydrogens is 270 g/mol. The van der Waals surface area contributed by atoms with E-state index in [2.05, 4.69) is 14.9 Å². The minimum absolute atomic E-state index is 0.180. The van der Waals surface area contributed by atoms with Crippen molar-refractivity contribution in [1.82, 2.24) is 14.9 Å². The molecule has 1 heterocycles. The van der Waals surface area contributed by atoms with Gasteiger partial charge < -0.3 is 19.4 Å². The average Bonchev–Trinajstić information content (AvgIpc) is 2.47. The highest BCUT2D eigenvalue weighted by Crippen LogP contribution is 2.23. The Labute approximate surface area is 123 Å². The number of rotatable bonds is 6. The second-order valence-electron chi connectivity index (χ2n) is 5.12. The summed E-state index contributed by atoms with van der Waals surface area (Å²) in [6, 6.07) is 5.30. The summed E-state index contributed by atoms with van der Waals surface area (Å²) in [5.74, 6) is 1.11. The van der Waals surface area contributed by atoms with Crippen LogP contribution in [-0.2, 0) is 4.74 Å². The molecule has 0 aliphatic heterocycles. The van der Waals surface area contributed by atoms with Crippen LogP contribution >= 0.6 is 0 Å². The van der Waals surface area contributed by atoms with E-state index in [1.165, 1.54) is 0 Å². The SMILES string of the molecule is COc1cccc2c(=O)[nH]c(C(CCN(C)C)OC)nc12. The normalized spacial score (nSPS) is 12.8. The van der Waals surface area contributed by atoms with E-state index in [0.29, 0.717) is 22.5 Å². The second kappa shape index (κ2) is 6.69. The average molecular weight is 291 g/mol. The van der Waals surface area contributed by atoms with Gasteiger partial charge in [-0.25, -0.2) is 4.98 Å². The van der Waals surface area contributed by atoms with Gasteiger partial charge in [0.15, 0.2) is 0 Å². The Morgan fingerprint density at radius 1 is 1.33 bits per heavy atom. The van der Waals surface area contributed by atoms with Crippen LogP contribution in [0.4, 0.5) is 0 Å². The molecule has 0 saturated heterocycles. The van der Waals surface area contributed by atoms with Crippen molar-refractivity contribution < 1.29 is 9.47 Å². The van der Waals surface area contributed by atoms with Crippen LogP contribution in [-0.4, -0.2) is 49.7 Å². The van der Waals surface area contributed by atoms with Crippen molar-refractivity contribution in [2.75, 3.05) is 34.9 Å². The molecule has 21 heavy (non-hydrogen) atoms. The van der Waals surface area contributed by atoms with Crippen LogP contribution < -0.4 is 10.3 Å². The van der Waals surface area contributed by atoms with Crippen LogP contribution in [0.1, 0.15) is 18.3 Å². The Balaban J connectivity index is 2.46. The Morgan fingerprint density at radius 2 is 2.10 bits per heavy atom. The van der Waals surface area contributed by atoms with Gasteiger partial charge in [0.25, 0.3) is 5.56 Å². The van der Waals surface area contributed by atoms with Gasteiger partial charge in [0.05, 0.1) is 12.5 Å². The van der Waals surface area contributed by atoms with Gasteiger partial charge in [0, 0.05) is 13.7 Å². The zero-order valence-corrected chi connectivity index (χ0v) is 12.8. The minimum atomic E-state index is -0.255. The van der Waals surface area contributed by atoms with E-state index in [9.17, 15) is 4.79 Å². The lowest BCUT2D eigenvalue weighted by Crippen LogP contribution is -2.20. The second-order valence-corrected chi connectivity index (χ2v) is 5.12. The Kier molecular flexibility index (Phi) is 4.93. The number of fused-ring (bicyclic) bond motifs is 1. The molecule has 0 radical (unpaired) electrons. The van der Waals surface area contributed by atoms with Gasteiger partial charge in [-0.15, -0.1) is 0 Å². The quantitative estimate of drug-likeness (QED) is 0.875. The molecule has 1 aromatic carbocycles. The lowest BCUT2D eigenvalue weighted by Gasteiger charge is -2.17. The highest BCUT2D eigenvalue weighted by Gasteiger charge is 2.16. The largest absolute Gasteiger partial charge is 0.494 e. The number of hydrogen-bond acceptors (Lipinski definition) is 5. The Hall–Kier alpha value is -1.92. The van der Waals surface area contributed by atoms with Crippen LogP contribution in [0.25, 0.3) is 10.9 Å². The van der Waals surface area contributed by atoms with Gasteiger partial charge in [-0.2, -0.15) is 0 Å². The van der Waals surface area contributed by atoms with E-state index in [4.69, 9.17) is 9.47 Å². The molecule has 0 aliphatic rings. The van der Waals surface area contributed by atoms with Crippen molar-refractivity contribution in [3.05, 3.63) is 34.4 Å². The first-order valence-electron chi connectivity index (χ1n) is 6.81. The Morgan fingerprint density at radius 3 is 2.71 bits per heavy atom. The number of nitrogens with one attached hydrogen (secondary N) is 1. The Bertz CT molecular complexity index is 667. The fourth-order valence-electron chi connectivity index (χ4n) is 2.21. The van der Waals surface area contributed by atoms with E-state index in [-0.39, 0.29) is 11.7 Å². The summed E-state index contributed by atoms with van der Waals surface area (Å²) in [5, 5.41) is 0.514. The summed E-state index contributed by atoms with van der Waals surface area (Å²) in [6.45, 7) is 0.839. The minimum Gasteiger partial charge on any atom is -0.494 e. The number of benzene rings is 1. The number of methoxy groups -OCH3 is 2. The van der Waals surface area contributed by atoms with Crippen LogP contribution in [0.5, 0.6) is 5.75 Å². The lowest BCUT2D eigenvalue weighted by atomic mass is 10.2. The first-order valence-corrected chi connectivity index (χ1v) is 6.81. The molecular formula is C15H21N3O3. The summed E-state index contributed by atoms with van der Waals surface area (Å²) < 4.78 is 10.7. The maximum atomic E-state index is 12.2. The zero-order chi connectivity index (χ0) is 15.4. The molecule has 0 fully saturated rings. The molecule has 1 N–H and O–H groups in total. The van der Waals surface area contributed by atoms with E-state index >= 15 is 0 Å². The molecule has 2 rings (SSSR count). The van der Waals surface area contributed by atoms with Gasteiger partial charge in [0.2, 0.25) is 0 Å². The molecule has 0 saturated carbocycles. The van der Waals surface area contributed by atoms with Crippen molar-refractivity contribution in [1.29, 1.82) is 0 Å². The highest BCUT2D eigenvalue weighted by atomic mass is 16.5. The van der Waals surface area contributed by atoms with E-state index in [0.717, 1.165) is 13.0 Å². The topological polar surface area (TPSA) is 67.5 Å². The third-order valence-electron chi connectivity index (χ3n) is 3.37. The van der Waals surface area contributed by atoms with E-state index in [1.54, 1.807) is 32.4 Å². The predicted octanol–water partition coefficient (Wildman–Crippen LogP) is 1.57. The summed E-state index contributed by atoms with van der Waals surface area (Å²) in [4.78, 5) is 21.6. The maximum Gasteiger partial charge on any atom is 0.258 e. The fourth-order valence-corrected chi connectivity index (χ4v) is 2.21. The number of para-hydroxylation sites is 1. The van der Waals surface area contributed by atoms with Gasteiger partial charge in [0.1, 0.15) is 23.2 Å². The van der Waals surface area contributed by atoms with Crippen LogP contribution in [0.2, 0.25) is 0 Å². The van der Waals surface area contributed by atoms with Crippen LogP contribution in [0.15, 0.2) is 23.0 Å². The van der Waals surface area contributed by atoms with Gasteiger partial charge in [-0.05, 0) is 32.6 Å². The molecule has 1 atom stereocenters. The molecule has 6 nitrogen and oxygen atoms in total. The van der Waals surface area contributed by atoms with E-state index in [1.807, 2.05) is 14.1 Å². The summed E-state index contributed by atoms with van der Waals surface area (Å²) in [6.07, 6.45) is 0.488. The first kappa shape index (κ1) is 15.5. The molecule has 0 amide bonds. The van der Waals surface area contributed by atoms with Gasteiger partial charge in [-0.3, -0.25) is 4.79 Å². The summed E-state index contributed by atoms with van der Waals surface area (Å²) >= 11 is 0. The standard InChI is InChI=1S/C15H21N3O3/c1-18(2)9-8-12(21-4)14-16-13-10(15(19)17-14)6-5-7-11(13)20-3/h5-7,12H,8-9H2,1-4H3,(H,16,17,19). The molecule has 114 valence electrons. The molecule has 1 aromatic heterocycles. The molecule has 6 heteroatoms. The first-order chi connectivity index (χ1) is 10.1. The maximum absolute atomic E-state index is 12.2. The molecule has 0 bridgehead atoms. The fraction of sp³-hybridized carbons (Fsp3) is 0.467. The molecule has 0 spiro atoms. The van der Waals surface area contributed by atoms with Crippen LogP contribution in [0.3, 0.4) is 0 Å². The lowest BCUT2D eigenvalue weighted by molar-refractivity contribution is 0.0815. The predicted molar refractivity (Wildman–Crippen MR) is 81.8 cm³/mol. The van der Waals surface area contributed by atoms with E-state index < -0.39 is 0 Å². The summed E-state index contributed by atoms with van der Waals surface area (Å²) in [5.41, 5.74) is 0.381. The number of hydrogen-bond donors (Lipinski definition) is 1. The van der Waals surface area contributed by atoms with Gasteiger partial charge in [-0.1, -0.05) is 6.07 Å². The number of aromatic nitrogens is 2. The van der Waals surface area contributed by atoms with Crippen molar-refractivity contribution in [2.24, 2.45) is 0 Å². The highest BCUT2D eigenvalue weighted by molar-refractivity contribution is 5.83. The molecule has 1 unspecified atom stereocenters. The third kappa shape index (κ3) is 3.40. The van der Waals surface area contributed by atoms with Crippen molar-refractivity contribution in [3.8, 4) is 5.75 Å². The van der Waals surface area contributed by atoms with Crippen LogP contribution in [0, 0.1) is 0 Å². The molecule has 2 aromatic rings. The summed E-state index contributed by atoms with van der Waals surface area (Å²) in [7, 11) is 7.17. The van der Waals surface area contributed by atoms with Crippen molar-refractivity contribution in [3.63, 3.8) is 0 Å². The zero-order valence-electron chi connectivity index (χ0n) is 12.8. The smallest absolute Gasteiger partial charge is 0.258 e. The van der Waals surface area contributed by atoms with Crippen molar-refractivity contribution >= 4 is 10.9 Å². The van der Waals surface area contributed by atoms with Gasteiger partial charge >= 0.3 is 0 Å². The van der Waals surface area contributed by atoms with Crippen molar-refractivity contribution in [2.45, 2.75) is 12.5 Å². The number of H-pyrrole nitrogens is 1. The third-order valence-corrected chi connectivity index (χ3v) is 3.37. The number of nitrogens with zero attached hydrogens (tertiary/aromatic N) is 2. The number of aromatic amines is 1.